The number of nitrogens with zero attached hydrogens (tertiary/aromatic N) is 5. The summed E-state index contributed by atoms with van der Waals surface area (Å²) in [5.41, 5.74) is 3.33. The van der Waals surface area contributed by atoms with Crippen molar-refractivity contribution in [3.8, 4) is 0 Å². The predicted octanol–water partition coefficient (Wildman–Crippen LogP) is 2.05. The van der Waals surface area contributed by atoms with E-state index in [0.29, 0.717) is 0 Å². The molecule has 1 spiro atoms. The molecule has 0 aliphatic carbocycles. The highest BCUT2D eigenvalue weighted by atomic mass is 32.1. The Morgan fingerprint density at radius 1 is 1.21 bits per heavy atom. The number of piperidine rings is 1. The first-order valence-corrected chi connectivity index (χ1v) is 9.41. The van der Waals surface area contributed by atoms with E-state index in [-0.39, 0.29) is 5.41 Å². The average molecular weight is 345 g/mol. The number of rotatable bonds is 3. The number of hydrogen-bond donors (Lipinski definition) is 0. The summed E-state index contributed by atoms with van der Waals surface area (Å²) in [6.45, 7) is 6.74. The van der Waals surface area contributed by atoms with Crippen LogP contribution in [-0.2, 0) is 11.3 Å². The van der Waals surface area contributed by atoms with Crippen LogP contribution in [0.4, 0.5) is 5.13 Å². The summed E-state index contributed by atoms with van der Waals surface area (Å²) in [4.78, 5) is 9.04. The van der Waals surface area contributed by atoms with Crippen LogP contribution in [-0.4, -0.2) is 59.5 Å². The molecular weight excluding hydrogens is 322 g/mol. The highest BCUT2D eigenvalue weighted by Crippen LogP contribution is 2.35. The number of likely N-dealkylation sites (tertiary alicyclic amines) is 1. The van der Waals surface area contributed by atoms with Gasteiger partial charge >= 0.3 is 0 Å². The minimum Gasteiger partial charge on any atom is -0.379 e. The van der Waals surface area contributed by atoms with Crippen LogP contribution >= 0.6 is 11.3 Å². The van der Waals surface area contributed by atoms with Crippen molar-refractivity contribution in [3.63, 3.8) is 0 Å². The van der Waals surface area contributed by atoms with Gasteiger partial charge in [0.05, 0.1) is 13.2 Å². The van der Waals surface area contributed by atoms with Crippen molar-refractivity contribution < 1.29 is 4.74 Å². The summed E-state index contributed by atoms with van der Waals surface area (Å²) < 4.78 is 5.99. The summed E-state index contributed by atoms with van der Waals surface area (Å²) in [7, 11) is 0. The minimum atomic E-state index is 0.188. The second-order valence-electron chi connectivity index (χ2n) is 6.87. The molecule has 2 aliphatic heterocycles. The molecule has 0 amide bonds. The van der Waals surface area contributed by atoms with Crippen LogP contribution in [0.2, 0.25) is 0 Å². The van der Waals surface area contributed by atoms with Gasteiger partial charge in [0.25, 0.3) is 0 Å². The van der Waals surface area contributed by atoms with E-state index >= 15 is 0 Å². The lowest BCUT2D eigenvalue weighted by molar-refractivity contribution is 0.0106. The lowest BCUT2D eigenvalue weighted by Gasteiger charge is -2.43. The number of ether oxygens (including phenoxy) is 1. The van der Waals surface area contributed by atoms with Gasteiger partial charge in [-0.1, -0.05) is 11.3 Å². The van der Waals surface area contributed by atoms with Crippen LogP contribution in [0.3, 0.4) is 0 Å². The maximum Gasteiger partial charge on any atom is 0.208 e. The fraction of sp³-hybridized carbons (Fsp3) is 0.588. The summed E-state index contributed by atoms with van der Waals surface area (Å²) in [6, 6.07) is 4.22. The summed E-state index contributed by atoms with van der Waals surface area (Å²) in [5, 5.41) is 9.29. The van der Waals surface area contributed by atoms with Gasteiger partial charge in [0, 0.05) is 44.0 Å². The van der Waals surface area contributed by atoms with Crippen molar-refractivity contribution in [3.05, 3.63) is 35.6 Å². The van der Waals surface area contributed by atoms with E-state index in [1.54, 1.807) is 11.3 Å². The van der Waals surface area contributed by atoms with Crippen LogP contribution in [0.15, 0.2) is 30.0 Å². The summed E-state index contributed by atoms with van der Waals surface area (Å²) in [5.74, 6) is 0. The Balaban J connectivity index is 1.48. The molecule has 4 heterocycles. The van der Waals surface area contributed by atoms with E-state index in [9.17, 15) is 0 Å². The third kappa shape index (κ3) is 3.58. The van der Waals surface area contributed by atoms with Gasteiger partial charge in [0.2, 0.25) is 5.13 Å². The Kier molecular flexibility index (Phi) is 4.73. The number of hydrogen-bond acceptors (Lipinski definition) is 7. The highest BCUT2D eigenvalue weighted by Gasteiger charge is 2.39. The van der Waals surface area contributed by atoms with Crippen LogP contribution < -0.4 is 4.90 Å². The molecule has 24 heavy (non-hydrogen) atoms. The van der Waals surface area contributed by atoms with Gasteiger partial charge in [-0.05, 0) is 37.1 Å². The third-order valence-electron chi connectivity index (χ3n) is 4.96. The zero-order chi connectivity index (χ0) is 16.2. The van der Waals surface area contributed by atoms with Crippen molar-refractivity contribution in [1.82, 2.24) is 20.1 Å². The molecule has 0 unspecified atom stereocenters. The maximum absolute atomic E-state index is 5.99. The van der Waals surface area contributed by atoms with Crippen LogP contribution in [0.25, 0.3) is 0 Å². The highest BCUT2D eigenvalue weighted by molar-refractivity contribution is 7.13. The molecule has 0 bridgehead atoms. The Morgan fingerprint density at radius 3 is 2.96 bits per heavy atom. The van der Waals surface area contributed by atoms with Crippen molar-refractivity contribution in [1.29, 1.82) is 0 Å². The van der Waals surface area contributed by atoms with Gasteiger partial charge in [-0.15, -0.1) is 10.2 Å². The second kappa shape index (κ2) is 7.13. The first-order valence-electron chi connectivity index (χ1n) is 8.53. The lowest BCUT2D eigenvalue weighted by atomic mass is 9.80. The quantitative estimate of drug-likeness (QED) is 0.849. The molecule has 6 nitrogen and oxygen atoms in total. The standard InChI is InChI=1S/C17H23N5OS/c1-4-17(11-21(7-1)10-15-2-5-18-6-3-15)12-22(8-9-23-13-17)16-20-19-14-24-16/h2-3,5-6,14H,1,4,7-13H2/t17-/m0/s1. The average Bonchev–Trinajstić information content (AvgIpc) is 3.07. The fourth-order valence-electron chi connectivity index (χ4n) is 3.90. The maximum atomic E-state index is 5.99. The molecule has 4 rings (SSSR count). The lowest BCUT2D eigenvalue weighted by Crippen LogP contribution is -2.50. The predicted molar refractivity (Wildman–Crippen MR) is 94.1 cm³/mol. The van der Waals surface area contributed by atoms with Crippen molar-refractivity contribution in [2.24, 2.45) is 5.41 Å². The first-order chi connectivity index (χ1) is 11.8. The first kappa shape index (κ1) is 15.9. The molecule has 2 aromatic rings. The molecule has 128 valence electrons. The fourth-order valence-corrected chi connectivity index (χ4v) is 4.49. The Morgan fingerprint density at radius 2 is 2.12 bits per heavy atom. The number of aromatic nitrogens is 3. The molecule has 2 saturated heterocycles. The zero-order valence-electron chi connectivity index (χ0n) is 13.8. The summed E-state index contributed by atoms with van der Waals surface area (Å²) >= 11 is 1.62. The van der Waals surface area contributed by atoms with Gasteiger partial charge < -0.3 is 9.64 Å². The van der Waals surface area contributed by atoms with Gasteiger partial charge in [0.1, 0.15) is 5.51 Å². The SMILES string of the molecule is c1cc(CN2CCC[C@]3(COCCN(c4nncs4)C3)C2)ccn1. The molecule has 7 heteroatoms. The van der Waals surface area contributed by atoms with Gasteiger partial charge in [-0.2, -0.15) is 0 Å². The molecule has 1 atom stereocenters. The molecule has 0 N–H and O–H groups in total. The van der Waals surface area contributed by atoms with Gasteiger partial charge in [-0.25, -0.2) is 0 Å². The molecule has 0 saturated carbocycles. The van der Waals surface area contributed by atoms with Gasteiger partial charge in [-0.3, -0.25) is 9.88 Å². The third-order valence-corrected chi connectivity index (χ3v) is 5.71. The van der Waals surface area contributed by atoms with E-state index in [1.165, 1.54) is 18.4 Å². The molecule has 2 aromatic heterocycles. The van der Waals surface area contributed by atoms with E-state index < -0.39 is 0 Å². The molecule has 2 fully saturated rings. The van der Waals surface area contributed by atoms with Gasteiger partial charge in [0.15, 0.2) is 0 Å². The van der Waals surface area contributed by atoms with E-state index in [0.717, 1.165) is 51.1 Å². The van der Waals surface area contributed by atoms with E-state index in [4.69, 9.17) is 4.74 Å². The normalized spacial score (nSPS) is 25.8. The minimum absolute atomic E-state index is 0.188. The van der Waals surface area contributed by atoms with Crippen molar-refractivity contribution in [2.45, 2.75) is 19.4 Å². The smallest absolute Gasteiger partial charge is 0.208 e. The molecule has 2 aliphatic rings. The topological polar surface area (TPSA) is 54.4 Å². The molecule has 0 aromatic carbocycles. The second-order valence-corrected chi connectivity index (χ2v) is 7.68. The van der Waals surface area contributed by atoms with E-state index in [2.05, 4.69) is 37.1 Å². The number of pyridine rings is 1. The number of anilines is 1. The zero-order valence-corrected chi connectivity index (χ0v) is 14.6. The molecule has 0 radical (unpaired) electrons. The Bertz CT molecular complexity index is 638. The largest absolute Gasteiger partial charge is 0.379 e. The molecular formula is C17H23N5OS. The van der Waals surface area contributed by atoms with Crippen molar-refractivity contribution >= 4 is 16.5 Å². The Labute approximate surface area is 146 Å². The van der Waals surface area contributed by atoms with Crippen LogP contribution in [0, 0.1) is 5.41 Å². The van der Waals surface area contributed by atoms with Crippen LogP contribution in [0.1, 0.15) is 18.4 Å². The Hall–Kier alpha value is -1.57. The monoisotopic (exact) mass is 345 g/mol. The van der Waals surface area contributed by atoms with Crippen LogP contribution in [0.5, 0.6) is 0 Å². The van der Waals surface area contributed by atoms with Crippen molar-refractivity contribution in [2.75, 3.05) is 44.3 Å². The van der Waals surface area contributed by atoms with E-state index in [1.807, 2.05) is 17.9 Å². The summed E-state index contributed by atoms with van der Waals surface area (Å²) in [6.07, 6.45) is 6.19.